The van der Waals surface area contributed by atoms with E-state index in [1.807, 2.05) is 12.1 Å². The van der Waals surface area contributed by atoms with Crippen LogP contribution in [0.15, 0.2) is 30.9 Å². The summed E-state index contributed by atoms with van der Waals surface area (Å²) in [7, 11) is 0. The van der Waals surface area contributed by atoms with Gasteiger partial charge in [0.05, 0.1) is 25.6 Å². The van der Waals surface area contributed by atoms with Gasteiger partial charge in [0.25, 0.3) is 0 Å². The van der Waals surface area contributed by atoms with Gasteiger partial charge in [0, 0.05) is 0 Å². The second kappa shape index (κ2) is 9.22. The molecule has 1 aliphatic carbocycles. The summed E-state index contributed by atoms with van der Waals surface area (Å²) >= 11 is 0. The molecule has 176 valence electrons. The highest BCUT2D eigenvalue weighted by Gasteiger charge is 2.44. The molecule has 10 heteroatoms. The van der Waals surface area contributed by atoms with E-state index >= 15 is 0 Å². The molecular weight excluding hydrogens is 426 g/mol. The summed E-state index contributed by atoms with van der Waals surface area (Å²) in [6.07, 6.45) is 2.69. The van der Waals surface area contributed by atoms with Crippen LogP contribution in [-0.4, -0.2) is 66.4 Å². The minimum atomic E-state index is -1.21. The number of imidazole rings is 1. The third kappa shape index (κ3) is 3.93. The molecule has 2 aromatic heterocycles. The number of nitrogens with one attached hydrogen (secondary N) is 1. The third-order valence-electron chi connectivity index (χ3n) is 6.39. The van der Waals surface area contributed by atoms with E-state index in [1.54, 1.807) is 4.57 Å². The van der Waals surface area contributed by atoms with Crippen LogP contribution >= 0.6 is 0 Å². The highest BCUT2D eigenvalue weighted by Crippen LogP contribution is 2.38. The lowest BCUT2D eigenvalue weighted by Gasteiger charge is -2.28. The maximum Gasteiger partial charge on any atom is 0.167 e. The standard InChI is InChI=1S/C23H29N5O5/c1-2-9-32-16-8-4-5-13-14(16)6-3-7-15(13)27-21-18-22(25-11-24-21)28(12-26-18)23-20(31)19(30)17(10-29)33-23/h4-5,8,11-12,15,17,19-20,23,29-31H,2-3,6-7,9-10H2,1H3,(H,24,25,27)/t15?,17-,19-,20-,23-/m1/s1. The maximum atomic E-state index is 10.4. The molecule has 4 N–H and O–H groups in total. The minimum Gasteiger partial charge on any atom is -0.493 e. The fraction of sp³-hybridized carbons (Fsp3) is 0.522. The molecule has 0 spiro atoms. The molecule has 5 rings (SSSR count). The van der Waals surface area contributed by atoms with E-state index in [9.17, 15) is 15.3 Å². The Bertz CT molecular complexity index is 1120. The lowest BCUT2D eigenvalue weighted by atomic mass is 9.87. The van der Waals surface area contributed by atoms with Gasteiger partial charge in [-0.15, -0.1) is 0 Å². The molecule has 33 heavy (non-hydrogen) atoms. The Kier molecular flexibility index (Phi) is 6.15. The number of nitrogens with zero attached hydrogens (tertiary/aromatic N) is 4. The van der Waals surface area contributed by atoms with Crippen LogP contribution in [0.1, 0.15) is 49.6 Å². The number of anilines is 1. The number of ether oxygens (including phenoxy) is 2. The molecule has 0 bridgehead atoms. The Morgan fingerprint density at radius 2 is 2.09 bits per heavy atom. The van der Waals surface area contributed by atoms with Crippen molar-refractivity contribution in [2.45, 2.75) is 63.2 Å². The van der Waals surface area contributed by atoms with Crippen LogP contribution in [0.25, 0.3) is 11.2 Å². The third-order valence-corrected chi connectivity index (χ3v) is 6.39. The van der Waals surface area contributed by atoms with E-state index in [2.05, 4.69) is 33.3 Å². The van der Waals surface area contributed by atoms with Crippen molar-refractivity contribution in [3.05, 3.63) is 42.0 Å². The second-order valence-electron chi connectivity index (χ2n) is 8.54. The zero-order chi connectivity index (χ0) is 22.9. The van der Waals surface area contributed by atoms with Crippen molar-refractivity contribution in [2.75, 3.05) is 18.5 Å². The molecule has 2 aliphatic rings. The van der Waals surface area contributed by atoms with E-state index in [4.69, 9.17) is 9.47 Å². The Morgan fingerprint density at radius 1 is 1.21 bits per heavy atom. The lowest BCUT2D eigenvalue weighted by Crippen LogP contribution is -2.33. The van der Waals surface area contributed by atoms with Crippen LogP contribution in [0.4, 0.5) is 5.82 Å². The molecule has 10 nitrogen and oxygen atoms in total. The zero-order valence-electron chi connectivity index (χ0n) is 18.5. The molecule has 1 unspecified atom stereocenters. The maximum absolute atomic E-state index is 10.4. The molecule has 0 amide bonds. The van der Waals surface area contributed by atoms with Gasteiger partial charge in [-0.05, 0) is 42.9 Å². The summed E-state index contributed by atoms with van der Waals surface area (Å²) < 4.78 is 13.2. The van der Waals surface area contributed by atoms with Crippen molar-refractivity contribution in [1.82, 2.24) is 19.5 Å². The van der Waals surface area contributed by atoms with Gasteiger partial charge in [0.2, 0.25) is 0 Å². The van der Waals surface area contributed by atoms with E-state index < -0.39 is 31.1 Å². The van der Waals surface area contributed by atoms with E-state index in [1.165, 1.54) is 23.8 Å². The Balaban J connectivity index is 1.44. The normalized spacial score (nSPS) is 27.0. The summed E-state index contributed by atoms with van der Waals surface area (Å²) in [5, 5.41) is 33.4. The van der Waals surface area contributed by atoms with Gasteiger partial charge in [0.15, 0.2) is 23.2 Å². The van der Waals surface area contributed by atoms with Crippen LogP contribution in [0.5, 0.6) is 5.75 Å². The van der Waals surface area contributed by atoms with Crippen LogP contribution < -0.4 is 10.1 Å². The van der Waals surface area contributed by atoms with E-state index in [-0.39, 0.29) is 6.04 Å². The number of fused-ring (bicyclic) bond motifs is 2. The van der Waals surface area contributed by atoms with Crippen LogP contribution in [-0.2, 0) is 11.2 Å². The summed E-state index contributed by atoms with van der Waals surface area (Å²) in [6.45, 7) is 2.40. The molecule has 0 saturated carbocycles. The first-order valence-corrected chi connectivity index (χ1v) is 11.4. The largest absolute Gasteiger partial charge is 0.493 e. The smallest absolute Gasteiger partial charge is 0.167 e. The monoisotopic (exact) mass is 455 g/mol. The van der Waals surface area contributed by atoms with Gasteiger partial charge >= 0.3 is 0 Å². The number of aromatic nitrogens is 4. The minimum absolute atomic E-state index is 0.0519. The van der Waals surface area contributed by atoms with Gasteiger partial charge in [-0.2, -0.15) is 0 Å². The van der Waals surface area contributed by atoms with E-state index in [0.29, 0.717) is 23.6 Å². The molecule has 1 aliphatic heterocycles. The summed E-state index contributed by atoms with van der Waals surface area (Å²) in [5.41, 5.74) is 3.45. The highest BCUT2D eigenvalue weighted by atomic mass is 16.6. The van der Waals surface area contributed by atoms with Gasteiger partial charge < -0.3 is 30.1 Å². The predicted molar refractivity (Wildman–Crippen MR) is 120 cm³/mol. The fourth-order valence-corrected chi connectivity index (χ4v) is 4.73. The van der Waals surface area contributed by atoms with Crippen molar-refractivity contribution in [3.8, 4) is 5.75 Å². The first-order chi connectivity index (χ1) is 16.1. The highest BCUT2D eigenvalue weighted by molar-refractivity contribution is 5.83. The molecule has 3 aromatic rings. The van der Waals surface area contributed by atoms with Crippen LogP contribution in [0, 0.1) is 0 Å². The van der Waals surface area contributed by atoms with Crippen molar-refractivity contribution in [1.29, 1.82) is 0 Å². The summed E-state index contributed by atoms with van der Waals surface area (Å²) in [5.74, 6) is 1.53. The number of hydrogen-bond acceptors (Lipinski definition) is 9. The lowest BCUT2D eigenvalue weighted by molar-refractivity contribution is -0.0511. The van der Waals surface area contributed by atoms with Gasteiger partial charge in [0.1, 0.15) is 30.4 Å². The average molecular weight is 456 g/mol. The van der Waals surface area contributed by atoms with Crippen LogP contribution in [0.3, 0.4) is 0 Å². The Labute approximate surface area is 191 Å². The summed E-state index contributed by atoms with van der Waals surface area (Å²) in [4.78, 5) is 13.2. The van der Waals surface area contributed by atoms with Crippen molar-refractivity contribution in [3.63, 3.8) is 0 Å². The number of benzene rings is 1. The number of hydrogen-bond donors (Lipinski definition) is 4. The second-order valence-corrected chi connectivity index (χ2v) is 8.54. The fourth-order valence-electron chi connectivity index (χ4n) is 4.73. The molecule has 1 fully saturated rings. The molecule has 0 radical (unpaired) electrons. The van der Waals surface area contributed by atoms with Crippen molar-refractivity contribution < 1.29 is 24.8 Å². The first-order valence-electron chi connectivity index (χ1n) is 11.4. The molecular formula is C23H29N5O5. The average Bonchev–Trinajstić information content (AvgIpc) is 3.39. The van der Waals surface area contributed by atoms with Gasteiger partial charge in [-0.25, -0.2) is 15.0 Å². The number of aliphatic hydroxyl groups is 3. The Hall–Kier alpha value is -2.79. The van der Waals surface area contributed by atoms with Gasteiger partial charge in [-0.1, -0.05) is 19.1 Å². The van der Waals surface area contributed by atoms with Crippen LogP contribution in [0.2, 0.25) is 0 Å². The van der Waals surface area contributed by atoms with E-state index in [0.717, 1.165) is 31.4 Å². The topological polar surface area (TPSA) is 135 Å². The van der Waals surface area contributed by atoms with Crippen molar-refractivity contribution in [2.24, 2.45) is 0 Å². The zero-order valence-corrected chi connectivity index (χ0v) is 18.5. The summed E-state index contributed by atoms with van der Waals surface area (Å²) in [6, 6.07) is 6.23. The number of rotatable bonds is 7. The van der Waals surface area contributed by atoms with Crippen molar-refractivity contribution >= 4 is 17.0 Å². The molecule has 3 heterocycles. The predicted octanol–water partition coefficient (Wildman–Crippen LogP) is 1.72. The number of aliphatic hydroxyl groups excluding tert-OH is 3. The molecule has 1 saturated heterocycles. The SMILES string of the molecule is CCCOc1cccc2c1CCCC2Nc1ncnc2c1ncn2[C@@H]1O[C@H](CO)[C@@H](O)[C@H]1O. The molecule has 1 aromatic carbocycles. The quantitative estimate of drug-likeness (QED) is 0.420. The molecule has 5 atom stereocenters. The Morgan fingerprint density at radius 3 is 2.88 bits per heavy atom. The van der Waals surface area contributed by atoms with Gasteiger partial charge in [-0.3, -0.25) is 4.57 Å². The first kappa shape index (κ1) is 22.0.